The molecule has 0 aliphatic carbocycles. The lowest BCUT2D eigenvalue weighted by molar-refractivity contribution is -0.141. The molecule has 0 atom stereocenters. The largest absolute Gasteiger partial charge is 0.465 e. The number of ether oxygens (including phenoxy) is 1. The molecule has 3 rings (SSSR count). The second-order valence-corrected chi connectivity index (χ2v) is 7.50. The van der Waals surface area contributed by atoms with Crippen LogP contribution >= 0.6 is 0 Å². The maximum atomic E-state index is 12.4. The van der Waals surface area contributed by atoms with Crippen LogP contribution < -0.4 is 15.8 Å². The molecule has 9 nitrogen and oxygen atoms in total. The standard InChI is InChI=1S/C22H29N5O4/c1-4-31-21(29)15-23-22(30)26-11-5-10-25(12-13-26)19-8-9-20(28)27(24-19)18-7-6-16(2)17(3)14-18/h6-9,14H,4-5,10-13,15H2,1-3H3,(H,23,30). The smallest absolute Gasteiger partial charge is 0.325 e. The molecule has 1 aliphatic rings. The lowest BCUT2D eigenvalue weighted by Gasteiger charge is -2.23. The summed E-state index contributed by atoms with van der Waals surface area (Å²) in [4.78, 5) is 40.0. The molecule has 2 amide bonds. The second-order valence-electron chi connectivity index (χ2n) is 7.50. The molecule has 1 saturated heterocycles. The number of anilines is 1. The second kappa shape index (κ2) is 10.1. The number of aryl methyl sites for hydroxylation is 2. The Morgan fingerprint density at radius 3 is 2.61 bits per heavy atom. The Balaban J connectivity index is 1.69. The van der Waals surface area contributed by atoms with Crippen molar-refractivity contribution < 1.29 is 14.3 Å². The van der Waals surface area contributed by atoms with Gasteiger partial charge in [-0.15, -0.1) is 5.10 Å². The number of hydrogen-bond donors (Lipinski definition) is 1. The first-order chi connectivity index (χ1) is 14.9. The summed E-state index contributed by atoms with van der Waals surface area (Å²) in [6, 6.07) is 8.76. The fraction of sp³-hybridized carbons (Fsp3) is 0.455. The van der Waals surface area contributed by atoms with Crippen LogP contribution in [0.4, 0.5) is 10.6 Å². The fourth-order valence-electron chi connectivity index (χ4n) is 3.43. The van der Waals surface area contributed by atoms with E-state index in [1.807, 2.05) is 32.0 Å². The highest BCUT2D eigenvalue weighted by molar-refractivity contribution is 5.80. The van der Waals surface area contributed by atoms with E-state index in [2.05, 4.69) is 15.3 Å². The van der Waals surface area contributed by atoms with Crippen LogP contribution in [0.3, 0.4) is 0 Å². The highest BCUT2D eigenvalue weighted by atomic mass is 16.5. The molecule has 166 valence electrons. The minimum atomic E-state index is -0.454. The molecule has 1 aliphatic heterocycles. The lowest BCUT2D eigenvalue weighted by atomic mass is 10.1. The highest BCUT2D eigenvalue weighted by Crippen LogP contribution is 2.16. The van der Waals surface area contributed by atoms with Gasteiger partial charge < -0.3 is 19.9 Å². The van der Waals surface area contributed by atoms with Gasteiger partial charge in [-0.05, 0) is 56.5 Å². The van der Waals surface area contributed by atoms with Crippen LogP contribution in [-0.2, 0) is 9.53 Å². The predicted octanol–water partition coefficient (Wildman–Crippen LogP) is 1.63. The molecule has 1 N–H and O–H groups in total. The molecule has 0 unspecified atom stereocenters. The maximum Gasteiger partial charge on any atom is 0.325 e. The minimum absolute atomic E-state index is 0.143. The van der Waals surface area contributed by atoms with Crippen LogP contribution in [0.15, 0.2) is 35.1 Å². The third-order valence-electron chi connectivity index (χ3n) is 5.32. The summed E-state index contributed by atoms with van der Waals surface area (Å²) in [5.74, 6) is 0.233. The van der Waals surface area contributed by atoms with E-state index in [-0.39, 0.29) is 24.7 Å². The van der Waals surface area contributed by atoms with Crippen LogP contribution in [0, 0.1) is 13.8 Å². The number of rotatable bonds is 5. The Hall–Kier alpha value is -3.36. The van der Waals surface area contributed by atoms with Gasteiger partial charge in [0.1, 0.15) is 12.4 Å². The van der Waals surface area contributed by atoms with Gasteiger partial charge in [0, 0.05) is 32.2 Å². The number of carbonyl (C=O) groups is 2. The molecule has 1 aromatic carbocycles. The highest BCUT2D eigenvalue weighted by Gasteiger charge is 2.21. The average molecular weight is 428 g/mol. The van der Waals surface area contributed by atoms with E-state index in [1.54, 1.807) is 17.9 Å². The summed E-state index contributed by atoms with van der Waals surface area (Å²) in [6.45, 7) is 8.23. The molecule has 0 bridgehead atoms. The molecule has 0 spiro atoms. The van der Waals surface area contributed by atoms with Crippen molar-refractivity contribution in [3.8, 4) is 5.69 Å². The molecular formula is C22H29N5O4. The van der Waals surface area contributed by atoms with Crippen molar-refractivity contribution in [2.24, 2.45) is 0 Å². The van der Waals surface area contributed by atoms with Crippen molar-refractivity contribution in [2.75, 3.05) is 44.2 Å². The first kappa shape index (κ1) is 22.3. The van der Waals surface area contributed by atoms with Gasteiger partial charge in [-0.3, -0.25) is 9.59 Å². The van der Waals surface area contributed by atoms with Crippen molar-refractivity contribution in [3.05, 3.63) is 51.8 Å². The Bertz CT molecular complexity index is 1000. The van der Waals surface area contributed by atoms with Gasteiger partial charge in [-0.2, -0.15) is 4.68 Å². The summed E-state index contributed by atoms with van der Waals surface area (Å²) in [5.41, 5.74) is 2.78. The number of nitrogens with zero attached hydrogens (tertiary/aromatic N) is 4. The van der Waals surface area contributed by atoms with E-state index >= 15 is 0 Å². The average Bonchev–Trinajstić information content (AvgIpc) is 3.01. The van der Waals surface area contributed by atoms with Crippen molar-refractivity contribution >= 4 is 17.8 Å². The topological polar surface area (TPSA) is 96.8 Å². The van der Waals surface area contributed by atoms with Gasteiger partial charge >= 0.3 is 12.0 Å². The Morgan fingerprint density at radius 1 is 1.06 bits per heavy atom. The van der Waals surface area contributed by atoms with E-state index in [9.17, 15) is 14.4 Å². The lowest BCUT2D eigenvalue weighted by Crippen LogP contribution is -2.44. The number of nitrogens with one attached hydrogen (secondary N) is 1. The number of benzene rings is 1. The molecule has 1 fully saturated rings. The van der Waals surface area contributed by atoms with Crippen molar-refractivity contribution in [2.45, 2.75) is 27.2 Å². The zero-order valence-electron chi connectivity index (χ0n) is 18.3. The van der Waals surface area contributed by atoms with Gasteiger partial charge in [-0.1, -0.05) is 6.07 Å². The Labute approximate surface area is 181 Å². The van der Waals surface area contributed by atoms with E-state index in [1.165, 1.54) is 10.7 Å². The maximum absolute atomic E-state index is 12.4. The molecule has 0 saturated carbocycles. The summed E-state index contributed by atoms with van der Waals surface area (Å²) in [5, 5.41) is 7.18. The van der Waals surface area contributed by atoms with Crippen molar-refractivity contribution in [1.82, 2.24) is 20.0 Å². The minimum Gasteiger partial charge on any atom is -0.465 e. The van der Waals surface area contributed by atoms with Gasteiger partial charge in [0.25, 0.3) is 5.56 Å². The molecule has 2 heterocycles. The molecule has 0 radical (unpaired) electrons. The molecule has 9 heteroatoms. The number of carbonyl (C=O) groups excluding carboxylic acids is 2. The molecular weight excluding hydrogens is 398 g/mol. The van der Waals surface area contributed by atoms with E-state index in [4.69, 9.17) is 4.74 Å². The first-order valence-corrected chi connectivity index (χ1v) is 10.5. The third-order valence-corrected chi connectivity index (χ3v) is 5.32. The number of aromatic nitrogens is 2. The fourth-order valence-corrected chi connectivity index (χ4v) is 3.43. The summed E-state index contributed by atoms with van der Waals surface area (Å²) >= 11 is 0. The van der Waals surface area contributed by atoms with E-state index in [0.717, 1.165) is 23.2 Å². The summed E-state index contributed by atoms with van der Waals surface area (Å²) in [6.07, 6.45) is 0.747. The Morgan fingerprint density at radius 2 is 1.87 bits per heavy atom. The van der Waals surface area contributed by atoms with Crippen LogP contribution in [0.5, 0.6) is 0 Å². The third kappa shape index (κ3) is 5.62. The van der Waals surface area contributed by atoms with Gasteiger partial charge in [-0.25, -0.2) is 4.79 Å². The van der Waals surface area contributed by atoms with E-state index < -0.39 is 5.97 Å². The van der Waals surface area contributed by atoms with Gasteiger partial charge in [0.2, 0.25) is 0 Å². The van der Waals surface area contributed by atoms with Crippen LogP contribution in [-0.4, -0.2) is 66.0 Å². The SMILES string of the molecule is CCOC(=O)CNC(=O)N1CCCN(c2ccc(=O)n(-c3ccc(C)c(C)c3)n2)CC1. The van der Waals surface area contributed by atoms with Crippen LogP contribution in [0.2, 0.25) is 0 Å². The zero-order chi connectivity index (χ0) is 22.4. The van der Waals surface area contributed by atoms with Crippen LogP contribution in [0.1, 0.15) is 24.5 Å². The summed E-state index contributed by atoms with van der Waals surface area (Å²) in [7, 11) is 0. The molecule has 2 aromatic rings. The van der Waals surface area contributed by atoms with Crippen molar-refractivity contribution in [1.29, 1.82) is 0 Å². The number of urea groups is 1. The van der Waals surface area contributed by atoms with E-state index in [0.29, 0.717) is 32.0 Å². The van der Waals surface area contributed by atoms with Crippen LogP contribution in [0.25, 0.3) is 5.69 Å². The predicted molar refractivity (Wildman–Crippen MR) is 118 cm³/mol. The Kier molecular flexibility index (Phi) is 7.28. The zero-order valence-corrected chi connectivity index (χ0v) is 18.3. The quantitative estimate of drug-likeness (QED) is 0.729. The van der Waals surface area contributed by atoms with Crippen molar-refractivity contribution in [3.63, 3.8) is 0 Å². The molecule has 31 heavy (non-hydrogen) atoms. The monoisotopic (exact) mass is 427 g/mol. The number of amides is 2. The first-order valence-electron chi connectivity index (χ1n) is 10.5. The molecule has 1 aromatic heterocycles. The normalized spacial score (nSPS) is 14.2. The van der Waals surface area contributed by atoms with Gasteiger partial charge in [0.05, 0.1) is 12.3 Å². The summed E-state index contributed by atoms with van der Waals surface area (Å²) < 4.78 is 6.25. The number of hydrogen-bond acceptors (Lipinski definition) is 6. The van der Waals surface area contributed by atoms with Gasteiger partial charge in [0.15, 0.2) is 0 Å². The number of esters is 1.